The summed E-state index contributed by atoms with van der Waals surface area (Å²) in [6.07, 6.45) is 2.35. The molecule has 0 aliphatic heterocycles. The topological polar surface area (TPSA) is 30.7 Å². The summed E-state index contributed by atoms with van der Waals surface area (Å²) in [4.78, 5) is 11.0. The second-order valence-corrected chi connectivity index (χ2v) is 19.3. The van der Waals surface area contributed by atoms with E-state index < -0.39 is 0 Å². The van der Waals surface area contributed by atoms with Gasteiger partial charge in [0.1, 0.15) is 0 Å². The van der Waals surface area contributed by atoms with Gasteiger partial charge >= 0.3 is 0 Å². The van der Waals surface area contributed by atoms with Gasteiger partial charge in [-0.1, -0.05) is 145 Å². The lowest BCUT2D eigenvalue weighted by Crippen LogP contribution is -2.33. The molecule has 0 spiro atoms. The molecule has 60 heavy (non-hydrogen) atoms. The van der Waals surface area contributed by atoms with Crippen LogP contribution >= 0.6 is 0 Å². The third-order valence-electron chi connectivity index (χ3n) is 14.4. The summed E-state index contributed by atoms with van der Waals surface area (Å²) in [7, 11) is 0. The average Bonchev–Trinajstić information content (AvgIpc) is 3.70. The highest BCUT2D eigenvalue weighted by molar-refractivity contribution is 6.14. The fraction of sp³-hybridized carbons (Fsp3) is 0.193. The summed E-state index contributed by atoms with van der Waals surface area (Å²) in [6.45, 7) is 14.4. The van der Waals surface area contributed by atoms with Crippen LogP contribution in [-0.2, 0) is 16.2 Å². The zero-order chi connectivity index (χ0) is 40.7. The largest absolute Gasteiger partial charge is 0.309 e. The number of aromatic nitrogens is 3. The Morgan fingerprint density at radius 3 is 1.92 bits per heavy atom. The number of nitrogens with zero attached hydrogens (tertiary/aromatic N) is 3. The molecule has 12 rings (SSSR count). The molecule has 290 valence electrons. The summed E-state index contributed by atoms with van der Waals surface area (Å²) in [5, 5.41) is 8.47. The molecule has 0 N–H and O–H groups in total. The SMILES string of the molecule is CC1(C)CCC(C)(C)c2cc3c(cc21)c1cc2ccccc2cc1n3-c1cccc(-c2nc(-c3ccc4c(c3)C(C)(C)c3ccccc3-4)c3ccc4ccccc4c3n2)c1. The Labute approximate surface area is 351 Å². The van der Waals surface area contributed by atoms with Gasteiger partial charge < -0.3 is 4.57 Å². The molecule has 8 aromatic carbocycles. The minimum atomic E-state index is -0.119. The maximum atomic E-state index is 5.53. The summed E-state index contributed by atoms with van der Waals surface area (Å²) in [5.74, 6) is 0.727. The Hall–Kier alpha value is -6.58. The van der Waals surface area contributed by atoms with Crippen LogP contribution in [0.1, 0.15) is 76.6 Å². The molecule has 0 unspecified atom stereocenters. The first kappa shape index (κ1) is 35.4. The van der Waals surface area contributed by atoms with E-state index in [0.29, 0.717) is 0 Å². The van der Waals surface area contributed by atoms with E-state index in [9.17, 15) is 0 Å². The number of benzene rings is 8. The predicted octanol–water partition coefficient (Wildman–Crippen LogP) is 15.0. The van der Waals surface area contributed by atoms with Crippen LogP contribution in [0.3, 0.4) is 0 Å². The Bertz CT molecular complexity index is 3470. The van der Waals surface area contributed by atoms with E-state index in [2.05, 4.69) is 198 Å². The molecule has 0 saturated carbocycles. The van der Waals surface area contributed by atoms with E-state index in [1.807, 2.05) is 0 Å². The summed E-state index contributed by atoms with van der Waals surface area (Å²) >= 11 is 0. The molecule has 2 aliphatic carbocycles. The van der Waals surface area contributed by atoms with Crippen molar-refractivity contribution in [3.63, 3.8) is 0 Å². The summed E-state index contributed by atoms with van der Waals surface area (Å²) in [5.41, 5.74) is 16.0. The van der Waals surface area contributed by atoms with Crippen molar-refractivity contribution in [3.8, 4) is 39.5 Å². The van der Waals surface area contributed by atoms with Crippen molar-refractivity contribution >= 4 is 54.3 Å². The highest BCUT2D eigenvalue weighted by Crippen LogP contribution is 2.51. The smallest absolute Gasteiger partial charge is 0.160 e. The van der Waals surface area contributed by atoms with E-state index in [1.165, 1.54) is 84.2 Å². The van der Waals surface area contributed by atoms with Crippen LogP contribution in [0, 0.1) is 0 Å². The second kappa shape index (κ2) is 12.2. The lowest BCUT2D eigenvalue weighted by molar-refractivity contribution is 0.332. The van der Waals surface area contributed by atoms with Gasteiger partial charge in [0, 0.05) is 43.8 Å². The molecule has 3 nitrogen and oxygen atoms in total. The van der Waals surface area contributed by atoms with Crippen molar-refractivity contribution in [2.75, 3.05) is 0 Å². The van der Waals surface area contributed by atoms with Gasteiger partial charge in [0.2, 0.25) is 0 Å². The summed E-state index contributed by atoms with van der Waals surface area (Å²) in [6, 6.07) is 56.4. The van der Waals surface area contributed by atoms with Crippen LogP contribution in [0.4, 0.5) is 0 Å². The van der Waals surface area contributed by atoms with Gasteiger partial charge in [0.05, 0.1) is 22.2 Å². The van der Waals surface area contributed by atoms with Gasteiger partial charge in [-0.3, -0.25) is 0 Å². The molecule has 2 aliphatic rings. The van der Waals surface area contributed by atoms with Crippen molar-refractivity contribution in [2.24, 2.45) is 0 Å². The van der Waals surface area contributed by atoms with Crippen molar-refractivity contribution in [2.45, 2.75) is 70.6 Å². The number of fused-ring (bicyclic) bond motifs is 11. The van der Waals surface area contributed by atoms with E-state index in [4.69, 9.17) is 9.97 Å². The lowest BCUT2D eigenvalue weighted by Gasteiger charge is -2.42. The zero-order valence-corrected chi connectivity index (χ0v) is 35.2. The molecule has 3 heteroatoms. The molecule has 0 amide bonds. The molecule has 0 saturated heterocycles. The van der Waals surface area contributed by atoms with Crippen LogP contribution in [0.15, 0.2) is 152 Å². The van der Waals surface area contributed by atoms with Crippen LogP contribution in [0.5, 0.6) is 0 Å². The van der Waals surface area contributed by atoms with Crippen LogP contribution in [-0.4, -0.2) is 14.5 Å². The van der Waals surface area contributed by atoms with Crippen molar-refractivity contribution < 1.29 is 0 Å². The van der Waals surface area contributed by atoms with E-state index in [1.54, 1.807) is 0 Å². The molecular weight excluding hydrogens is 727 g/mol. The average molecular weight is 774 g/mol. The Morgan fingerprint density at radius 2 is 1.10 bits per heavy atom. The monoisotopic (exact) mass is 773 g/mol. The first-order valence-corrected chi connectivity index (χ1v) is 21.5. The standard InChI is InChI=1S/C57H47N3/c1-55(2)26-27-56(3,4)49-33-51-45(32-48(49)55)44-29-35-15-7-8-16-36(35)31-50(44)60(51)39-18-13-17-38(28-39)54-58-52(43-25-22-34-14-9-10-19-40(34)53(43)59-54)37-23-24-42-41-20-11-12-21-46(41)57(5,6)47(42)30-37/h7-25,28-33H,26-27H2,1-6H3. The van der Waals surface area contributed by atoms with E-state index >= 15 is 0 Å². The third kappa shape index (κ3) is 5.02. The normalized spacial score (nSPS) is 16.1. The Morgan fingerprint density at radius 1 is 0.433 bits per heavy atom. The maximum absolute atomic E-state index is 5.53. The summed E-state index contributed by atoms with van der Waals surface area (Å²) < 4.78 is 2.50. The Balaban J connectivity index is 1.10. The van der Waals surface area contributed by atoms with Gasteiger partial charge in [0.15, 0.2) is 5.82 Å². The lowest BCUT2D eigenvalue weighted by atomic mass is 9.63. The highest BCUT2D eigenvalue weighted by Gasteiger charge is 2.38. The molecular formula is C57H47N3. The quantitative estimate of drug-likeness (QED) is 0.167. The Kier molecular flexibility index (Phi) is 7.21. The molecule has 0 atom stereocenters. The molecule has 2 aromatic heterocycles. The number of hydrogen-bond donors (Lipinski definition) is 0. The van der Waals surface area contributed by atoms with Gasteiger partial charge in [-0.05, 0) is 122 Å². The fourth-order valence-electron chi connectivity index (χ4n) is 10.9. The number of rotatable bonds is 3. The maximum Gasteiger partial charge on any atom is 0.160 e. The van der Waals surface area contributed by atoms with Gasteiger partial charge in [-0.15, -0.1) is 0 Å². The highest BCUT2D eigenvalue weighted by atomic mass is 15.0. The third-order valence-corrected chi connectivity index (χ3v) is 14.4. The second-order valence-electron chi connectivity index (χ2n) is 19.3. The van der Waals surface area contributed by atoms with Crippen molar-refractivity contribution in [1.82, 2.24) is 14.5 Å². The molecule has 0 radical (unpaired) electrons. The zero-order valence-electron chi connectivity index (χ0n) is 35.2. The van der Waals surface area contributed by atoms with Crippen LogP contribution < -0.4 is 0 Å². The first-order valence-electron chi connectivity index (χ1n) is 21.5. The van der Waals surface area contributed by atoms with Gasteiger partial charge in [-0.25, -0.2) is 9.97 Å². The van der Waals surface area contributed by atoms with Gasteiger partial charge in [-0.2, -0.15) is 0 Å². The van der Waals surface area contributed by atoms with Crippen molar-refractivity contribution in [1.29, 1.82) is 0 Å². The number of hydrogen-bond acceptors (Lipinski definition) is 2. The van der Waals surface area contributed by atoms with Crippen LogP contribution in [0.2, 0.25) is 0 Å². The van der Waals surface area contributed by atoms with Gasteiger partial charge in [0.25, 0.3) is 0 Å². The van der Waals surface area contributed by atoms with Crippen LogP contribution in [0.25, 0.3) is 93.7 Å². The van der Waals surface area contributed by atoms with Crippen molar-refractivity contribution in [3.05, 3.63) is 174 Å². The minimum absolute atomic E-state index is 0.0839. The molecule has 2 heterocycles. The van der Waals surface area contributed by atoms with E-state index in [0.717, 1.165) is 44.6 Å². The fourth-order valence-corrected chi connectivity index (χ4v) is 10.9. The molecule has 0 fully saturated rings. The minimum Gasteiger partial charge on any atom is -0.309 e. The first-order chi connectivity index (χ1) is 29.0. The predicted molar refractivity (Wildman–Crippen MR) is 253 cm³/mol. The molecule has 10 aromatic rings. The van der Waals surface area contributed by atoms with E-state index in [-0.39, 0.29) is 16.2 Å². The molecule has 0 bridgehead atoms.